The Morgan fingerprint density at radius 3 is 1.94 bits per heavy atom. The first-order valence-corrected chi connectivity index (χ1v) is 5.66. The molecule has 1 aliphatic carbocycles. The van der Waals surface area contributed by atoms with Gasteiger partial charge in [0, 0.05) is 12.8 Å². The molecule has 2 nitrogen and oxygen atoms in total. The molecule has 0 atom stereocenters. The van der Waals surface area contributed by atoms with Crippen molar-refractivity contribution in [3.63, 3.8) is 0 Å². The second-order valence-electron chi connectivity index (χ2n) is 4.78. The summed E-state index contributed by atoms with van der Waals surface area (Å²) in [5.41, 5.74) is 3.53. The average Bonchev–Trinajstić information content (AvgIpc) is 2.14. The van der Waals surface area contributed by atoms with Crippen LogP contribution in [0.15, 0.2) is 18.2 Å². The Morgan fingerprint density at radius 2 is 1.44 bits per heavy atom. The molecule has 1 aromatic rings. The van der Waals surface area contributed by atoms with Crippen LogP contribution in [0, 0.1) is 13.8 Å². The predicted octanol–water partition coefficient (Wildman–Crippen LogP) is 2.71. The second kappa shape index (κ2) is 4.20. The third-order valence-electron chi connectivity index (χ3n) is 3.06. The van der Waals surface area contributed by atoms with Crippen molar-refractivity contribution in [3.05, 3.63) is 34.9 Å². The van der Waals surface area contributed by atoms with E-state index in [1.165, 1.54) is 11.1 Å². The molecule has 2 rings (SSSR count). The van der Waals surface area contributed by atoms with Gasteiger partial charge in [-0.05, 0) is 25.3 Å². The molecule has 0 heterocycles. The number of aryl methyl sites for hydroxylation is 2. The third-order valence-corrected chi connectivity index (χ3v) is 3.06. The molecule has 0 unspecified atom stereocenters. The van der Waals surface area contributed by atoms with Gasteiger partial charge in [-0.15, -0.1) is 0 Å². The van der Waals surface area contributed by atoms with Crippen molar-refractivity contribution in [2.45, 2.75) is 39.0 Å². The third kappa shape index (κ3) is 2.38. The molecule has 0 amide bonds. The largest absolute Gasteiger partial charge is 0.299 e. The van der Waals surface area contributed by atoms with Gasteiger partial charge in [-0.2, -0.15) is 0 Å². The first-order valence-electron chi connectivity index (χ1n) is 5.66. The Labute approximate surface area is 95.7 Å². The summed E-state index contributed by atoms with van der Waals surface area (Å²) in [7, 11) is 0. The summed E-state index contributed by atoms with van der Waals surface area (Å²) in [6.07, 6.45) is 1.19. The highest BCUT2D eigenvalue weighted by Crippen LogP contribution is 2.30. The SMILES string of the molecule is Cc1cc(C)cc(C2CC(=O)CC(=O)C2)c1. The number of ketones is 2. The fourth-order valence-electron chi connectivity index (χ4n) is 2.47. The van der Waals surface area contributed by atoms with Crippen molar-refractivity contribution in [2.24, 2.45) is 0 Å². The molecule has 0 radical (unpaired) electrons. The van der Waals surface area contributed by atoms with E-state index in [9.17, 15) is 9.59 Å². The summed E-state index contributed by atoms with van der Waals surface area (Å²) < 4.78 is 0. The van der Waals surface area contributed by atoms with Gasteiger partial charge in [0.15, 0.2) is 0 Å². The van der Waals surface area contributed by atoms with E-state index in [-0.39, 0.29) is 23.9 Å². The number of Topliss-reactive ketones (excluding diaryl/α,β-unsaturated/α-hetero) is 2. The molecule has 1 saturated carbocycles. The molecule has 0 aliphatic heterocycles. The van der Waals surface area contributed by atoms with E-state index in [0.29, 0.717) is 12.8 Å². The lowest BCUT2D eigenvalue weighted by atomic mass is 9.82. The average molecular weight is 216 g/mol. The van der Waals surface area contributed by atoms with E-state index in [1.807, 2.05) is 13.8 Å². The fraction of sp³-hybridized carbons (Fsp3) is 0.429. The number of benzene rings is 1. The minimum Gasteiger partial charge on any atom is -0.299 e. The van der Waals surface area contributed by atoms with Crippen LogP contribution in [0.2, 0.25) is 0 Å². The lowest BCUT2D eigenvalue weighted by Gasteiger charge is -2.21. The van der Waals surface area contributed by atoms with Crippen LogP contribution in [0.1, 0.15) is 41.9 Å². The highest BCUT2D eigenvalue weighted by molar-refractivity contribution is 6.02. The van der Waals surface area contributed by atoms with E-state index >= 15 is 0 Å². The summed E-state index contributed by atoms with van der Waals surface area (Å²) in [5.74, 6) is 0.271. The lowest BCUT2D eigenvalue weighted by molar-refractivity contribution is -0.130. The van der Waals surface area contributed by atoms with Gasteiger partial charge in [-0.3, -0.25) is 9.59 Å². The van der Waals surface area contributed by atoms with Crippen LogP contribution in [0.25, 0.3) is 0 Å². The van der Waals surface area contributed by atoms with E-state index in [2.05, 4.69) is 18.2 Å². The molecular formula is C14H16O2. The van der Waals surface area contributed by atoms with Crippen LogP contribution in [0.4, 0.5) is 0 Å². The second-order valence-corrected chi connectivity index (χ2v) is 4.78. The van der Waals surface area contributed by atoms with E-state index < -0.39 is 0 Å². The number of hydrogen-bond donors (Lipinski definition) is 0. The fourth-order valence-corrected chi connectivity index (χ4v) is 2.47. The van der Waals surface area contributed by atoms with Crippen molar-refractivity contribution in [2.75, 3.05) is 0 Å². The normalized spacial score (nSPS) is 17.9. The summed E-state index contributed by atoms with van der Waals surface area (Å²) in [6.45, 7) is 4.09. The van der Waals surface area contributed by atoms with Crippen molar-refractivity contribution < 1.29 is 9.59 Å². The van der Waals surface area contributed by atoms with Gasteiger partial charge in [0.05, 0.1) is 6.42 Å². The summed E-state index contributed by atoms with van der Waals surface area (Å²) >= 11 is 0. The van der Waals surface area contributed by atoms with Gasteiger partial charge >= 0.3 is 0 Å². The van der Waals surface area contributed by atoms with Gasteiger partial charge in [0.1, 0.15) is 11.6 Å². The topological polar surface area (TPSA) is 34.1 Å². The van der Waals surface area contributed by atoms with Gasteiger partial charge in [-0.25, -0.2) is 0 Å². The quantitative estimate of drug-likeness (QED) is 0.676. The molecule has 0 saturated heterocycles. The van der Waals surface area contributed by atoms with Crippen molar-refractivity contribution in [1.29, 1.82) is 0 Å². The zero-order valence-electron chi connectivity index (χ0n) is 9.75. The summed E-state index contributed by atoms with van der Waals surface area (Å²) in [6, 6.07) is 6.28. The first kappa shape index (κ1) is 11.1. The molecule has 2 heteroatoms. The van der Waals surface area contributed by atoms with Crippen molar-refractivity contribution in [3.8, 4) is 0 Å². The maximum atomic E-state index is 11.4. The maximum Gasteiger partial charge on any atom is 0.140 e. The number of hydrogen-bond acceptors (Lipinski definition) is 2. The smallest absolute Gasteiger partial charge is 0.140 e. The maximum absolute atomic E-state index is 11.4. The highest BCUT2D eigenvalue weighted by Gasteiger charge is 2.26. The van der Waals surface area contributed by atoms with Crippen molar-refractivity contribution in [1.82, 2.24) is 0 Å². The number of carbonyl (C=O) groups is 2. The standard InChI is InChI=1S/C14H16O2/c1-9-3-10(2)5-11(4-9)12-6-13(15)8-14(16)7-12/h3-5,12H,6-8H2,1-2H3. The lowest BCUT2D eigenvalue weighted by Crippen LogP contribution is -2.21. The Morgan fingerprint density at radius 1 is 0.938 bits per heavy atom. The summed E-state index contributed by atoms with van der Waals surface area (Å²) in [5, 5.41) is 0. The number of rotatable bonds is 1. The summed E-state index contributed by atoms with van der Waals surface area (Å²) in [4.78, 5) is 22.8. The molecule has 0 spiro atoms. The molecular weight excluding hydrogens is 200 g/mol. The van der Waals surface area contributed by atoms with Crippen LogP contribution in [-0.4, -0.2) is 11.6 Å². The number of carbonyl (C=O) groups excluding carboxylic acids is 2. The molecule has 0 aromatic heterocycles. The first-order chi connectivity index (χ1) is 7.54. The van der Waals surface area contributed by atoms with Gasteiger partial charge < -0.3 is 0 Å². The Hall–Kier alpha value is -1.44. The Kier molecular flexibility index (Phi) is 2.90. The minimum absolute atomic E-state index is 0.0837. The Balaban J connectivity index is 2.29. The molecule has 84 valence electrons. The van der Waals surface area contributed by atoms with Crippen molar-refractivity contribution >= 4 is 11.6 Å². The van der Waals surface area contributed by atoms with E-state index in [4.69, 9.17) is 0 Å². The molecule has 16 heavy (non-hydrogen) atoms. The van der Waals surface area contributed by atoms with Crippen LogP contribution in [0.5, 0.6) is 0 Å². The molecule has 0 N–H and O–H groups in total. The van der Waals surface area contributed by atoms with E-state index in [1.54, 1.807) is 0 Å². The van der Waals surface area contributed by atoms with Gasteiger partial charge in [0.2, 0.25) is 0 Å². The predicted molar refractivity (Wildman–Crippen MR) is 62.5 cm³/mol. The van der Waals surface area contributed by atoms with Crippen LogP contribution < -0.4 is 0 Å². The molecule has 1 aliphatic rings. The van der Waals surface area contributed by atoms with Crippen LogP contribution in [-0.2, 0) is 9.59 Å². The van der Waals surface area contributed by atoms with Crippen LogP contribution in [0.3, 0.4) is 0 Å². The molecule has 1 fully saturated rings. The monoisotopic (exact) mass is 216 g/mol. The highest BCUT2D eigenvalue weighted by atomic mass is 16.1. The van der Waals surface area contributed by atoms with Gasteiger partial charge in [-0.1, -0.05) is 29.3 Å². The van der Waals surface area contributed by atoms with Gasteiger partial charge in [0.25, 0.3) is 0 Å². The van der Waals surface area contributed by atoms with E-state index in [0.717, 1.165) is 5.56 Å². The molecule has 0 bridgehead atoms. The molecule has 1 aromatic carbocycles. The van der Waals surface area contributed by atoms with Crippen LogP contribution >= 0.6 is 0 Å². The zero-order chi connectivity index (χ0) is 11.7. The minimum atomic E-state index is 0.0837. The zero-order valence-corrected chi connectivity index (χ0v) is 9.75. The Bertz CT molecular complexity index is 410.